The topological polar surface area (TPSA) is 82.8 Å². The monoisotopic (exact) mass is 433 g/mol. The van der Waals surface area contributed by atoms with Gasteiger partial charge >= 0.3 is 0 Å². The van der Waals surface area contributed by atoms with Crippen LogP contribution in [0.1, 0.15) is 30.7 Å². The zero-order valence-electron chi connectivity index (χ0n) is 19.0. The van der Waals surface area contributed by atoms with E-state index in [9.17, 15) is 4.79 Å². The molecule has 0 unspecified atom stereocenters. The minimum Gasteiger partial charge on any atom is -0.444 e. The van der Waals surface area contributed by atoms with E-state index in [-0.39, 0.29) is 12.5 Å². The fourth-order valence-corrected chi connectivity index (χ4v) is 3.16. The van der Waals surface area contributed by atoms with Crippen molar-refractivity contribution in [3.63, 3.8) is 0 Å². The van der Waals surface area contributed by atoms with Gasteiger partial charge in [-0.2, -0.15) is 0 Å². The molecular weight excluding hydrogens is 402 g/mol. The summed E-state index contributed by atoms with van der Waals surface area (Å²) in [7, 11) is 0. The largest absolute Gasteiger partial charge is 0.444 e. The molecule has 0 aliphatic carbocycles. The van der Waals surface area contributed by atoms with Crippen molar-refractivity contribution in [1.29, 1.82) is 0 Å². The molecule has 1 heterocycles. The van der Waals surface area contributed by atoms with Crippen molar-refractivity contribution in [2.75, 3.05) is 19.6 Å². The molecule has 3 aromatic rings. The maximum atomic E-state index is 12.7. The summed E-state index contributed by atoms with van der Waals surface area (Å²) in [4.78, 5) is 23.6. The number of aryl methyl sites for hydroxylation is 1. The number of carbonyl (C=O) groups is 1. The number of guanidine groups is 1. The zero-order valence-corrected chi connectivity index (χ0v) is 19.0. The van der Waals surface area contributed by atoms with Crippen LogP contribution in [0.3, 0.4) is 0 Å². The highest BCUT2D eigenvalue weighted by Gasteiger charge is 2.13. The zero-order chi connectivity index (χ0) is 22.8. The second-order valence-electron chi connectivity index (χ2n) is 7.45. The van der Waals surface area contributed by atoms with Crippen LogP contribution < -0.4 is 10.6 Å². The van der Waals surface area contributed by atoms with Crippen LogP contribution >= 0.6 is 0 Å². The summed E-state index contributed by atoms with van der Waals surface area (Å²) in [5.41, 5.74) is 3.95. The van der Waals surface area contributed by atoms with Gasteiger partial charge in [-0.25, -0.2) is 9.98 Å². The number of oxazole rings is 1. The highest BCUT2D eigenvalue weighted by Crippen LogP contribution is 2.19. The van der Waals surface area contributed by atoms with Gasteiger partial charge in [-0.1, -0.05) is 48.0 Å². The van der Waals surface area contributed by atoms with E-state index in [4.69, 9.17) is 4.42 Å². The number of amides is 1. The van der Waals surface area contributed by atoms with Crippen LogP contribution in [0, 0.1) is 6.92 Å². The molecule has 0 bridgehead atoms. The van der Waals surface area contributed by atoms with Crippen molar-refractivity contribution in [1.82, 2.24) is 20.5 Å². The first-order chi connectivity index (χ1) is 15.6. The predicted octanol–water partition coefficient (Wildman–Crippen LogP) is 3.75. The van der Waals surface area contributed by atoms with Gasteiger partial charge in [0.15, 0.2) is 5.96 Å². The highest BCUT2D eigenvalue weighted by atomic mass is 16.3. The molecule has 3 rings (SSSR count). The van der Waals surface area contributed by atoms with Gasteiger partial charge in [-0.3, -0.25) is 4.79 Å². The van der Waals surface area contributed by atoms with Crippen LogP contribution in [0.5, 0.6) is 0 Å². The van der Waals surface area contributed by atoms with E-state index >= 15 is 0 Å². The van der Waals surface area contributed by atoms with E-state index in [1.807, 2.05) is 80.3 Å². The summed E-state index contributed by atoms with van der Waals surface area (Å²) >= 11 is 0. The number of rotatable bonds is 9. The van der Waals surface area contributed by atoms with Crippen LogP contribution in [-0.2, 0) is 17.9 Å². The molecule has 1 amide bonds. The van der Waals surface area contributed by atoms with E-state index in [1.165, 1.54) is 5.56 Å². The molecule has 7 heteroatoms. The standard InChI is InChI=1S/C25H31N5O2/c1-4-26-25(28-16-23(31)30(5-2)17-20-9-7-6-8-10-20)27-15-22-18-32-24(29-22)21-13-11-19(3)12-14-21/h6-14,18H,4-5,15-17H2,1-3H3,(H2,26,27,28). The van der Waals surface area contributed by atoms with Crippen molar-refractivity contribution in [3.05, 3.63) is 77.7 Å². The molecule has 0 saturated heterocycles. The van der Waals surface area contributed by atoms with Crippen molar-refractivity contribution in [3.8, 4) is 11.5 Å². The van der Waals surface area contributed by atoms with Crippen LogP contribution in [0.2, 0.25) is 0 Å². The molecule has 0 atom stereocenters. The number of carbonyl (C=O) groups excluding carboxylic acids is 1. The number of nitrogens with zero attached hydrogens (tertiary/aromatic N) is 3. The third-order valence-corrected chi connectivity index (χ3v) is 4.95. The quantitative estimate of drug-likeness (QED) is 0.397. The Labute approximate surface area is 189 Å². The lowest BCUT2D eigenvalue weighted by atomic mass is 10.1. The Morgan fingerprint density at radius 1 is 1.06 bits per heavy atom. The summed E-state index contributed by atoms with van der Waals surface area (Å²) in [6.07, 6.45) is 1.62. The lowest BCUT2D eigenvalue weighted by Gasteiger charge is -2.22. The van der Waals surface area contributed by atoms with Crippen molar-refractivity contribution in [2.24, 2.45) is 4.99 Å². The third kappa shape index (κ3) is 6.70. The fourth-order valence-electron chi connectivity index (χ4n) is 3.16. The Kier molecular flexibility index (Phi) is 8.43. The summed E-state index contributed by atoms with van der Waals surface area (Å²) in [6, 6.07) is 18.0. The molecule has 1 aromatic heterocycles. The van der Waals surface area contributed by atoms with Crippen molar-refractivity contribution in [2.45, 2.75) is 33.9 Å². The number of hydrogen-bond donors (Lipinski definition) is 2. The lowest BCUT2D eigenvalue weighted by Crippen LogP contribution is -2.44. The molecule has 0 saturated carbocycles. The first-order valence-corrected chi connectivity index (χ1v) is 10.9. The van der Waals surface area contributed by atoms with Gasteiger partial charge in [0.1, 0.15) is 12.0 Å². The van der Waals surface area contributed by atoms with Crippen LogP contribution in [0.4, 0.5) is 0 Å². The van der Waals surface area contributed by atoms with Gasteiger partial charge in [-0.15, -0.1) is 0 Å². The van der Waals surface area contributed by atoms with Gasteiger partial charge in [0, 0.05) is 25.2 Å². The number of hydrogen-bond acceptors (Lipinski definition) is 4. The molecule has 2 N–H and O–H groups in total. The number of nitrogens with one attached hydrogen (secondary N) is 2. The van der Waals surface area contributed by atoms with E-state index in [1.54, 1.807) is 6.26 Å². The summed E-state index contributed by atoms with van der Waals surface area (Å²) in [6.45, 7) is 8.45. The van der Waals surface area contributed by atoms with E-state index < -0.39 is 0 Å². The first-order valence-electron chi connectivity index (χ1n) is 10.9. The van der Waals surface area contributed by atoms with Gasteiger partial charge in [0.25, 0.3) is 0 Å². The van der Waals surface area contributed by atoms with Crippen LogP contribution in [-0.4, -0.2) is 41.4 Å². The molecule has 168 valence electrons. The average Bonchev–Trinajstić information content (AvgIpc) is 3.29. The average molecular weight is 434 g/mol. The molecule has 7 nitrogen and oxygen atoms in total. The third-order valence-electron chi connectivity index (χ3n) is 4.95. The van der Waals surface area contributed by atoms with Crippen molar-refractivity contribution >= 4 is 11.9 Å². The molecule has 0 aliphatic rings. The Hall–Kier alpha value is -3.61. The molecule has 0 fully saturated rings. The van der Waals surface area contributed by atoms with Crippen LogP contribution in [0.15, 0.2) is 70.3 Å². The van der Waals surface area contributed by atoms with Gasteiger partial charge in [-0.05, 0) is 38.5 Å². The molecule has 0 aliphatic heterocycles. The smallest absolute Gasteiger partial charge is 0.242 e. The summed E-state index contributed by atoms with van der Waals surface area (Å²) in [5.74, 6) is 1.16. The minimum atomic E-state index is 0.0186. The maximum absolute atomic E-state index is 12.7. The van der Waals surface area contributed by atoms with E-state index in [2.05, 4.69) is 20.6 Å². The number of benzene rings is 2. The van der Waals surface area contributed by atoms with Gasteiger partial charge < -0.3 is 20.0 Å². The van der Waals surface area contributed by atoms with Crippen LogP contribution in [0.25, 0.3) is 11.5 Å². The second kappa shape index (κ2) is 11.7. The highest BCUT2D eigenvalue weighted by molar-refractivity contribution is 5.86. The summed E-state index contributed by atoms with van der Waals surface area (Å²) in [5, 5.41) is 6.29. The first kappa shape index (κ1) is 23.1. The Balaban J connectivity index is 1.57. The minimum absolute atomic E-state index is 0.0186. The normalized spacial score (nSPS) is 11.3. The SMILES string of the molecule is CCNC(=NCc1coc(-c2ccc(C)cc2)n1)NCC(=O)N(CC)Cc1ccccc1. The Morgan fingerprint density at radius 3 is 2.50 bits per heavy atom. The molecule has 2 aromatic carbocycles. The molecular formula is C25H31N5O2. The Bertz CT molecular complexity index is 1010. The van der Waals surface area contributed by atoms with Gasteiger partial charge in [0.2, 0.25) is 11.8 Å². The van der Waals surface area contributed by atoms with Crippen molar-refractivity contribution < 1.29 is 9.21 Å². The number of aromatic nitrogens is 1. The number of aliphatic imine (C=N–C) groups is 1. The summed E-state index contributed by atoms with van der Waals surface area (Å²) < 4.78 is 5.60. The molecule has 0 radical (unpaired) electrons. The molecule has 0 spiro atoms. The van der Waals surface area contributed by atoms with E-state index in [0.29, 0.717) is 38.0 Å². The fraction of sp³-hybridized carbons (Fsp3) is 0.320. The second-order valence-corrected chi connectivity index (χ2v) is 7.45. The van der Waals surface area contributed by atoms with Gasteiger partial charge in [0.05, 0.1) is 13.1 Å². The molecule has 32 heavy (non-hydrogen) atoms. The van der Waals surface area contributed by atoms with E-state index in [0.717, 1.165) is 16.8 Å². The lowest BCUT2D eigenvalue weighted by molar-refractivity contribution is -0.130. The Morgan fingerprint density at radius 2 is 1.81 bits per heavy atom. The predicted molar refractivity (Wildman–Crippen MR) is 127 cm³/mol. The number of likely N-dealkylation sites (N-methyl/N-ethyl adjacent to an activating group) is 1. The maximum Gasteiger partial charge on any atom is 0.242 e.